The second kappa shape index (κ2) is 6.57. The largest absolute Gasteiger partial charge is 0.327 e. The molecule has 1 aliphatic rings. The molecule has 4 heteroatoms. The number of sulfone groups is 1. The third-order valence-electron chi connectivity index (χ3n) is 4.54. The van der Waals surface area contributed by atoms with Gasteiger partial charge in [0.1, 0.15) is 0 Å². The molecule has 3 unspecified atom stereocenters. The van der Waals surface area contributed by atoms with Gasteiger partial charge in [-0.1, -0.05) is 19.8 Å². The van der Waals surface area contributed by atoms with E-state index in [1.165, 1.54) is 19.3 Å². The maximum Gasteiger partial charge on any atom is 0.155 e. The Labute approximate surface area is 119 Å². The Kier molecular flexibility index (Phi) is 5.87. The van der Waals surface area contributed by atoms with Crippen LogP contribution in [0.15, 0.2) is 0 Å². The number of hydrogen-bond acceptors (Lipinski definition) is 3. The number of nitrogens with two attached hydrogens (primary N) is 1. The molecule has 0 aromatic rings. The number of hydrogen-bond donors (Lipinski definition) is 1. The molecule has 0 aliphatic heterocycles. The smallest absolute Gasteiger partial charge is 0.155 e. The van der Waals surface area contributed by atoms with Gasteiger partial charge in [0.15, 0.2) is 9.84 Å². The second-order valence-corrected chi connectivity index (χ2v) is 9.97. The molecule has 0 amide bonds. The summed E-state index contributed by atoms with van der Waals surface area (Å²) in [4.78, 5) is 0. The molecule has 0 radical (unpaired) electrons. The second-order valence-electron chi connectivity index (χ2n) is 7.11. The summed E-state index contributed by atoms with van der Waals surface area (Å²) in [6.45, 7) is 7.56. The van der Waals surface area contributed by atoms with Crippen LogP contribution in [0.4, 0.5) is 0 Å². The van der Waals surface area contributed by atoms with Crippen LogP contribution >= 0.6 is 0 Å². The van der Waals surface area contributed by atoms with Crippen LogP contribution in [0.1, 0.15) is 66.2 Å². The van der Waals surface area contributed by atoms with Crippen LogP contribution in [0.2, 0.25) is 0 Å². The van der Waals surface area contributed by atoms with Crippen molar-refractivity contribution < 1.29 is 8.42 Å². The van der Waals surface area contributed by atoms with Gasteiger partial charge in [0.05, 0.1) is 10.5 Å². The minimum Gasteiger partial charge on any atom is -0.327 e. The first-order valence-electron chi connectivity index (χ1n) is 7.65. The molecule has 0 bridgehead atoms. The molecule has 1 saturated carbocycles. The summed E-state index contributed by atoms with van der Waals surface area (Å²) in [7, 11) is -3.01. The molecule has 1 rings (SSSR count). The summed E-state index contributed by atoms with van der Waals surface area (Å²) in [6.07, 6.45) is 6.61. The molecule has 1 fully saturated rings. The zero-order valence-corrected chi connectivity index (χ0v) is 13.8. The van der Waals surface area contributed by atoms with Gasteiger partial charge in [0, 0.05) is 6.04 Å². The molecule has 0 heterocycles. The van der Waals surface area contributed by atoms with Crippen molar-refractivity contribution in [3.63, 3.8) is 0 Å². The summed E-state index contributed by atoms with van der Waals surface area (Å²) >= 11 is 0. The molecule has 0 saturated heterocycles. The van der Waals surface area contributed by atoms with Crippen LogP contribution < -0.4 is 5.73 Å². The lowest BCUT2D eigenvalue weighted by Crippen LogP contribution is -2.38. The topological polar surface area (TPSA) is 60.2 Å². The van der Waals surface area contributed by atoms with Crippen LogP contribution in [0, 0.1) is 11.8 Å². The van der Waals surface area contributed by atoms with Crippen molar-refractivity contribution in [2.75, 3.05) is 5.75 Å². The molecule has 3 nitrogen and oxygen atoms in total. The predicted octanol–water partition coefficient (Wildman–Crippen LogP) is 3.13. The minimum absolute atomic E-state index is 0.197. The van der Waals surface area contributed by atoms with Gasteiger partial charge in [-0.2, -0.15) is 0 Å². The van der Waals surface area contributed by atoms with E-state index in [1.54, 1.807) is 20.8 Å². The fourth-order valence-electron chi connectivity index (χ4n) is 3.00. The first-order chi connectivity index (χ1) is 8.67. The van der Waals surface area contributed by atoms with E-state index in [0.717, 1.165) is 25.2 Å². The van der Waals surface area contributed by atoms with E-state index in [1.807, 2.05) is 0 Å². The lowest BCUT2D eigenvalue weighted by atomic mass is 9.75. The highest BCUT2D eigenvalue weighted by Gasteiger charge is 2.32. The van der Waals surface area contributed by atoms with Crippen molar-refractivity contribution >= 4 is 9.84 Å². The Morgan fingerprint density at radius 3 is 2.32 bits per heavy atom. The van der Waals surface area contributed by atoms with E-state index in [2.05, 4.69) is 6.92 Å². The molecule has 19 heavy (non-hydrogen) atoms. The van der Waals surface area contributed by atoms with Gasteiger partial charge in [-0.3, -0.25) is 0 Å². The normalized spacial score (nSPS) is 29.4. The van der Waals surface area contributed by atoms with Gasteiger partial charge >= 0.3 is 0 Å². The first-order valence-corrected chi connectivity index (χ1v) is 9.30. The van der Waals surface area contributed by atoms with Crippen LogP contribution in [0.5, 0.6) is 0 Å². The van der Waals surface area contributed by atoms with Crippen LogP contribution in [0.3, 0.4) is 0 Å². The molecule has 0 spiro atoms. The van der Waals surface area contributed by atoms with E-state index < -0.39 is 14.6 Å². The molecule has 0 aromatic carbocycles. The van der Waals surface area contributed by atoms with E-state index in [-0.39, 0.29) is 11.8 Å². The van der Waals surface area contributed by atoms with Crippen LogP contribution in [0.25, 0.3) is 0 Å². The Balaban J connectivity index is 2.56. The van der Waals surface area contributed by atoms with Crippen LogP contribution in [-0.4, -0.2) is 25.0 Å². The van der Waals surface area contributed by atoms with Gasteiger partial charge in [0.25, 0.3) is 0 Å². The summed E-state index contributed by atoms with van der Waals surface area (Å²) in [5.74, 6) is 1.43. The third kappa shape index (κ3) is 4.75. The molecule has 2 N–H and O–H groups in total. The Hall–Kier alpha value is -0.0900. The molecular weight excluding hydrogens is 258 g/mol. The van der Waals surface area contributed by atoms with Gasteiger partial charge in [0.2, 0.25) is 0 Å². The molecule has 3 atom stereocenters. The lowest BCUT2D eigenvalue weighted by molar-refractivity contribution is 0.218. The summed E-state index contributed by atoms with van der Waals surface area (Å²) < 4.78 is 23.7. The lowest BCUT2D eigenvalue weighted by Gasteiger charge is -2.34. The maximum atomic E-state index is 12.2. The van der Waals surface area contributed by atoms with Crippen molar-refractivity contribution in [3.05, 3.63) is 0 Å². The summed E-state index contributed by atoms with van der Waals surface area (Å²) in [5.41, 5.74) is 6.18. The van der Waals surface area contributed by atoms with Crippen molar-refractivity contribution in [1.82, 2.24) is 0 Å². The van der Waals surface area contributed by atoms with Crippen molar-refractivity contribution in [3.8, 4) is 0 Å². The maximum absolute atomic E-state index is 12.2. The quantitative estimate of drug-likeness (QED) is 0.846. The fourth-order valence-corrected chi connectivity index (χ4v) is 4.23. The summed E-state index contributed by atoms with van der Waals surface area (Å²) in [6, 6.07) is 0.197. The zero-order chi connectivity index (χ0) is 14.7. The summed E-state index contributed by atoms with van der Waals surface area (Å²) in [5, 5.41) is 0. The highest BCUT2D eigenvalue weighted by molar-refractivity contribution is 7.92. The Bertz CT molecular complexity index is 370. The van der Waals surface area contributed by atoms with Gasteiger partial charge in [-0.05, 0) is 58.3 Å². The highest BCUT2D eigenvalue weighted by atomic mass is 32.2. The SMILES string of the molecule is CCCC1CCC(N)C(CCS(=O)(=O)C(C)(C)C)C1. The van der Waals surface area contributed by atoms with Crippen molar-refractivity contribution in [2.24, 2.45) is 17.6 Å². The standard InChI is InChI=1S/C15H31NO2S/c1-5-6-12-7-8-14(16)13(11-12)9-10-19(17,18)15(2,3)4/h12-14H,5-11,16H2,1-4H3. The molecule has 114 valence electrons. The monoisotopic (exact) mass is 289 g/mol. The van der Waals surface area contributed by atoms with Gasteiger partial charge < -0.3 is 5.73 Å². The van der Waals surface area contributed by atoms with Gasteiger partial charge in [-0.15, -0.1) is 0 Å². The average molecular weight is 289 g/mol. The van der Waals surface area contributed by atoms with E-state index in [9.17, 15) is 8.42 Å². The Morgan fingerprint density at radius 1 is 1.16 bits per heavy atom. The zero-order valence-electron chi connectivity index (χ0n) is 13.0. The molecule has 0 aromatic heterocycles. The van der Waals surface area contributed by atoms with E-state index in [4.69, 9.17) is 5.73 Å². The van der Waals surface area contributed by atoms with Crippen molar-refractivity contribution in [1.29, 1.82) is 0 Å². The third-order valence-corrected chi connectivity index (χ3v) is 7.18. The van der Waals surface area contributed by atoms with Crippen LogP contribution in [-0.2, 0) is 9.84 Å². The molecular formula is C15H31NO2S. The van der Waals surface area contributed by atoms with E-state index >= 15 is 0 Å². The highest BCUT2D eigenvalue weighted by Crippen LogP contribution is 2.34. The fraction of sp³-hybridized carbons (Fsp3) is 1.00. The number of rotatable bonds is 5. The first kappa shape index (κ1) is 17.0. The van der Waals surface area contributed by atoms with Gasteiger partial charge in [-0.25, -0.2) is 8.42 Å². The predicted molar refractivity (Wildman–Crippen MR) is 81.9 cm³/mol. The minimum atomic E-state index is -3.01. The Morgan fingerprint density at radius 2 is 1.79 bits per heavy atom. The average Bonchev–Trinajstić information content (AvgIpc) is 2.29. The van der Waals surface area contributed by atoms with Crippen molar-refractivity contribution in [2.45, 2.75) is 77.0 Å². The van der Waals surface area contributed by atoms with E-state index in [0.29, 0.717) is 5.92 Å². The molecule has 1 aliphatic carbocycles.